The summed E-state index contributed by atoms with van der Waals surface area (Å²) in [6.07, 6.45) is 0. The van der Waals surface area contributed by atoms with Gasteiger partial charge in [0, 0.05) is 0 Å². The fraction of sp³-hybridized carbons (Fsp3) is 0.250. The summed E-state index contributed by atoms with van der Waals surface area (Å²) >= 11 is 0. The van der Waals surface area contributed by atoms with Crippen LogP contribution < -0.4 is 73.6 Å². The van der Waals surface area contributed by atoms with Crippen LogP contribution in [0, 0.1) is 0 Å². The van der Waals surface area contributed by atoms with Crippen molar-refractivity contribution in [2.45, 2.75) is 0 Å². The second-order valence-corrected chi connectivity index (χ2v) is 3.59. The van der Waals surface area contributed by atoms with E-state index in [0.29, 0.717) is 5.75 Å². The van der Waals surface area contributed by atoms with Gasteiger partial charge in [-0.3, -0.25) is 0 Å². The van der Waals surface area contributed by atoms with E-state index in [1.54, 1.807) is 24.3 Å². The average molecular weight is 262 g/mol. The first kappa shape index (κ1) is 19.5. The predicted molar refractivity (Wildman–Crippen MR) is 45.5 cm³/mol. The van der Waals surface area contributed by atoms with Crippen molar-refractivity contribution in [2.75, 3.05) is 13.2 Å². The minimum Gasteiger partial charge on any atom is -0.790 e. The summed E-state index contributed by atoms with van der Waals surface area (Å²) in [5.41, 5.74) is 0. The number of ether oxygens (including phenoxy) is 1. The van der Waals surface area contributed by atoms with Crippen LogP contribution in [-0.2, 0) is 9.09 Å². The largest absolute Gasteiger partial charge is 1.00 e. The third-order valence-electron chi connectivity index (χ3n) is 1.34. The van der Waals surface area contributed by atoms with Crippen molar-refractivity contribution in [2.24, 2.45) is 0 Å². The zero-order valence-electron chi connectivity index (χ0n) is 9.29. The van der Waals surface area contributed by atoms with Gasteiger partial charge in [0.15, 0.2) is 0 Å². The van der Waals surface area contributed by atoms with Crippen molar-refractivity contribution in [1.29, 1.82) is 0 Å². The minimum atomic E-state index is -4.87. The zero-order chi connectivity index (χ0) is 10.4. The first-order valence-electron chi connectivity index (χ1n) is 3.92. The van der Waals surface area contributed by atoms with Crippen molar-refractivity contribution < 1.29 is 82.7 Å². The van der Waals surface area contributed by atoms with Gasteiger partial charge in [-0.1, -0.05) is 18.2 Å². The molecular formula is C8H9Na2O5P. The molecule has 1 aromatic carbocycles. The van der Waals surface area contributed by atoms with Crippen molar-refractivity contribution in [3.63, 3.8) is 0 Å². The summed E-state index contributed by atoms with van der Waals surface area (Å²) in [5.74, 6) is 0.600. The van der Waals surface area contributed by atoms with E-state index in [1.165, 1.54) is 0 Å². The fourth-order valence-electron chi connectivity index (χ4n) is 0.825. The summed E-state index contributed by atoms with van der Waals surface area (Å²) in [5, 5.41) is 0. The summed E-state index contributed by atoms with van der Waals surface area (Å²) in [6.45, 7) is -0.238. The van der Waals surface area contributed by atoms with Gasteiger partial charge in [-0.25, -0.2) is 0 Å². The van der Waals surface area contributed by atoms with Crippen molar-refractivity contribution in [3.8, 4) is 5.75 Å². The molecule has 1 rings (SSSR count). The normalized spacial score (nSPS) is 9.88. The Morgan fingerprint density at radius 1 is 1.06 bits per heavy atom. The summed E-state index contributed by atoms with van der Waals surface area (Å²) < 4.78 is 19.1. The number of para-hydroxylation sites is 1. The first-order valence-corrected chi connectivity index (χ1v) is 5.38. The second-order valence-electron chi connectivity index (χ2n) is 2.44. The molecule has 0 radical (unpaired) electrons. The molecule has 0 bridgehead atoms. The summed E-state index contributed by atoms with van der Waals surface area (Å²) in [6, 6.07) is 8.82. The molecule has 0 fully saturated rings. The second kappa shape index (κ2) is 10.1. The third kappa shape index (κ3) is 10.3. The van der Waals surface area contributed by atoms with E-state index in [0.717, 1.165) is 0 Å². The molecule has 78 valence electrons. The fourth-order valence-corrected chi connectivity index (χ4v) is 1.12. The number of rotatable bonds is 5. The summed E-state index contributed by atoms with van der Waals surface area (Å²) in [4.78, 5) is 20.1. The van der Waals surface area contributed by atoms with E-state index in [9.17, 15) is 14.4 Å². The van der Waals surface area contributed by atoms with Crippen molar-refractivity contribution >= 4 is 7.82 Å². The van der Waals surface area contributed by atoms with Crippen LogP contribution in [-0.4, -0.2) is 13.2 Å². The molecule has 16 heavy (non-hydrogen) atoms. The predicted octanol–water partition coefficient (Wildman–Crippen LogP) is -6.08. The maximum absolute atomic E-state index is 10.0. The molecule has 8 heteroatoms. The smallest absolute Gasteiger partial charge is 0.790 e. The van der Waals surface area contributed by atoms with E-state index >= 15 is 0 Å². The maximum atomic E-state index is 10.0. The molecule has 0 heterocycles. The van der Waals surface area contributed by atoms with E-state index in [4.69, 9.17) is 4.74 Å². The number of hydrogen-bond donors (Lipinski definition) is 0. The van der Waals surface area contributed by atoms with Crippen LogP contribution in [0.5, 0.6) is 5.75 Å². The van der Waals surface area contributed by atoms with E-state index in [-0.39, 0.29) is 72.3 Å². The molecule has 0 aliphatic rings. The summed E-state index contributed by atoms with van der Waals surface area (Å²) in [7, 11) is -4.87. The van der Waals surface area contributed by atoms with Gasteiger partial charge in [-0.05, 0) is 12.1 Å². The molecule has 0 unspecified atom stereocenters. The Balaban J connectivity index is 0. The Kier molecular flexibility index (Phi) is 12.3. The number of phosphoric acid groups is 1. The van der Waals surface area contributed by atoms with Crippen LogP contribution in [0.3, 0.4) is 0 Å². The molecule has 0 N–H and O–H groups in total. The third-order valence-corrected chi connectivity index (χ3v) is 1.84. The minimum absolute atomic E-state index is 0. The van der Waals surface area contributed by atoms with Gasteiger partial charge < -0.3 is 23.6 Å². The Bertz CT molecular complexity index is 315. The van der Waals surface area contributed by atoms with Gasteiger partial charge in [0.1, 0.15) is 12.4 Å². The molecule has 0 atom stereocenters. The van der Waals surface area contributed by atoms with Crippen molar-refractivity contribution in [1.82, 2.24) is 0 Å². The Morgan fingerprint density at radius 2 is 1.62 bits per heavy atom. The number of hydrogen-bond acceptors (Lipinski definition) is 5. The Labute approximate surface area is 138 Å². The molecule has 0 aliphatic heterocycles. The van der Waals surface area contributed by atoms with E-state index in [1.807, 2.05) is 6.07 Å². The monoisotopic (exact) mass is 262 g/mol. The van der Waals surface area contributed by atoms with Crippen LogP contribution in [0.2, 0.25) is 0 Å². The van der Waals surface area contributed by atoms with Gasteiger partial charge in [0.25, 0.3) is 0 Å². The maximum Gasteiger partial charge on any atom is 1.00 e. The van der Waals surface area contributed by atoms with Crippen LogP contribution in [0.15, 0.2) is 30.3 Å². The van der Waals surface area contributed by atoms with Gasteiger partial charge >= 0.3 is 59.1 Å². The molecule has 0 saturated heterocycles. The molecule has 0 saturated carbocycles. The topological polar surface area (TPSA) is 81.7 Å². The SMILES string of the molecule is O=P([O-])([O-])OCCOc1ccccc1.[Na+].[Na+]. The molecule has 0 aliphatic carbocycles. The van der Waals surface area contributed by atoms with Gasteiger partial charge in [-0.2, -0.15) is 0 Å². The molecule has 0 spiro atoms. The van der Waals surface area contributed by atoms with Gasteiger partial charge in [-0.15, -0.1) is 0 Å². The molecular weight excluding hydrogens is 253 g/mol. The molecule has 0 aromatic heterocycles. The first-order chi connectivity index (χ1) is 6.58. The molecule has 5 nitrogen and oxygen atoms in total. The van der Waals surface area contributed by atoms with Crippen LogP contribution in [0.25, 0.3) is 0 Å². The van der Waals surface area contributed by atoms with E-state index < -0.39 is 7.82 Å². The van der Waals surface area contributed by atoms with Gasteiger partial charge in [0.2, 0.25) is 0 Å². The number of benzene rings is 1. The zero-order valence-corrected chi connectivity index (χ0v) is 14.2. The average Bonchev–Trinajstić information content (AvgIpc) is 2.13. The van der Waals surface area contributed by atoms with Gasteiger partial charge in [0.05, 0.1) is 14.4 Å². The number of phosphoric ester groups is 1. The Hall–Kier alpha value is 1.13. The molecule has 1 aromatic rings. The Morgan fingerprint density at radius 3 is 2.12 bits per heavy atom. The standard InChI is InChI=1S/C8H11O5P.2Na/c9-14(10,11)13-7-6-12-8-4-2-1-3-5-8;;/h1-5H,6-7H2,(H2,9,10,11);;/q;2*+1/p-2. The van der Waals surface area contributed by atoms with Crippen LogP contribution in [0.4, 0.5) is 0 Å². The van der Waals surface area contributed by atoms with E-state index in [2.05, 4.69) is 4.52 Å². The quantitative estimate of drug-likeness (QED) is 0.300. The van der Waals surface area contributed by atoms with Crippen LogP contribution in [0.1, 0.15) is 0 Å². The van der Waals surface area contributed by atoms with Crippen molar-refractivity contribution in [3.05, 3.63) is 30.3 Å². The van der Waals surface area contributed by atoms with Crippen LogP contribution >= 0.6 is 7.82 Å². The molecule has 0 amide bonds.